The van der Waals surface area contributed by atoms with Crippen molar-refractivity contribution in [3.8, 4) is 5.75 Å². The zero-order valence-electron chi connectivity index (χ0n) is 17.2. The second-order valence-electron chi connectivity index (χ2n) is 7.26. The van der Waals surface area contributed by atoms with Gasteiger partial charge in [-0.15, -0.1) is 0 Å². The summed E-state index contributed by atoms with van der Waals surface area (Å²) in [5.74, 6) is 0.620. The zero-order valence-corrected chi connectivity index (χ0v) is 18.8. The number of halogens is 1. The summed E-state index contributed by atoms with van der Waals surface area (Å²) in [6.45, 7) is 4.54. The third-order valence-corrected chi connectivity index (χ3v) is 5.85. The molecular formula is C25H21ClN2O2S. The van der Waals surface area contributed by atoms with Crippen LogP contribution in [0.4, 0.5) is 5.69 Å². The standard InChI is InChI=1S/C25H21ClN2O2S/c1-16-4-3-5-19(12-16)15-30-21-10-7-18(8-11-21)13-23-24(29)28-25(31-23)27-22-14-20(26)9-6-17(22)2/h3-14H,15H2,1-2H3,(H,27,28,29)/b23-13-. The maximum absolute atomic E-state index is 12.4. The minimum absolute atomic E-state index is 0.164. The fraction of sp³-hybridized carbons (Fsp3) is 0.120. The normalized spacial score (nSPS) is 16.0. The average molecular weight is 449 g/mol. The van der Waals surface area contributed by atoms with E-state index in [0.717, 1.165) is 28.1 Å². The van der Waals surface area contributed by atoms with Crippen LogP contribution in [0.25, 0.3) is 6.08 Å². The zero-order chi connectivity index (χ0) is 21.8. The van der Waals surface area contributed by atoms with Gasteiger partial charge in [0.1, 0.15) is 12.4 Å². The number of amides is 1. The van der Waals surface area contributed by atoms with Crippen LogP contribution in [0.2, 0.25) is 5.02 Å². The number of nitrogens with one attached hydrogen (secondary N) is 1. The molecule has 156 valence electrons. The molecule has 0 bridgehead atoms. The molecule has 0 radical (unpaired) electrons. The topological polar surface area (TPSA) is 50.7 Å². The molecule has 3 aromatic rings. The lowest BCUT2D eigenvalue weighted by molar-refractivity contribution is -0.115. The van der Waals surface area contributed by atoms with Crippen LogP contribution in [0.1, 0.15) is 22.3 Å². The van der Waals surface area contributed by atoms with Crippen LogP contribution >= 0.6 is 23.4 Å². The van der Waals surface area contributed by atoms with Crippen LogP contribution in [-0.2, 0) is 11.4 Å². The smallest absolute Gasteiger partial charge is 0.264 e. The Morgan fingerprint density at radius 1 is 1.06 bits per heavy atom. The van der Waals surface area contributed by atoms with E-state index in [1.54, 1.807) is 6.07 Å². The van der Waals surface area contributed by atoms with E-state index in [1.165, 1.54) is 17.3 Å². The first kappa shape index (κ1) is 21.2. The largest absolute Gasteiger partial charge is 0.489 e. The fourth-order valence-corrected chi connectivity index (χ4v) is 4.07. The highest BCUT2D eigenvalue weighted by molar-refractivity contribution is 8.18. The van der Waals surface area contributed by atoms with Crippen molar-refractivity contribution >= 4 is 46.2 Å². The van der Waals surface area contributed by atoms with Gasteiger partial charge in [-0.3, -0.25) is 4.79 Å². The van der Waals surface area contributed by atoms with Gasteiger partial charge in [0, 0.05) is 5.02 Å². The van der Waals surface area contributed by atoms with Gasteiger partial charge in [-0.05, 0) is 72.6 Å². The molecule has 0 saturated carbocycles. The van der Waals surface area contributed by atoms with Crippen molar-refractivity contribution in [3.05, 3.63) is 98.9 Å². The maximum atomic E-state index is 12.4. The van der Waals surface area contributed by atoms with Crippen LogP contribution < -0.4 is 10.1 Å². The summed E-state index contributed by atoms with van der Waals surface area (Å²) in [5.41, 5.74) is 4.99. The Bertz CT molecular complexity index is 1190. The molecule has 0 aromatic heterocycles. The van der Waals surface area contributed by atoms with Crippen molar-refractivity contribution in [3.63, 3.8) is 0 Å². The van der Waals surface area contributed by atoms with E-state index in [-0.39, 0.29) is 5.91 Å². The molecule has 1 N–H and O–H groups in total. The van der Waals surface area contributed by atoms with Crippen LogP contribution in [-0.4, -0.2) is 11.1 Å². The number of benzene rings is 3. The van der Waals surface area contributed by atoms with Crippen molar-refractivity contribution in [1.82, 2.24) is 5.32 Å². The molecule has 0 aliphatic carbocycles. The lowest BCUT2D eigenvalue weighted by atomic mass is 10.1. The van der Waals surface area contributed by atoms with Gasteiger partial charge in [-0.1, -0.05) is 59.6 Å². The first-order valence-corrected chi connectivity index (χ1v) is 11.0. The minimum atomic E-state index is -0.164. The Morgan fingerprint density at radius 2 is 1.87 bits per heavy atom. The van der Waals surface area contributed by atoms with Gasteiger partial charge in [0.15, 0.2) is 5.17 Å². The van der Waals surface area contributed by atoms with Crippen LogP contribution in [0.15, 0.2) is 76.6 Å². The van der Waals surface area contributed by atoms with Crippen molar-refractivity contribution in [1.29, 1.82) is 0 Å². The van der Waals surface area contributed by atoms with E-state index in [0.29, 0.717) is 21.7 Å². The molecule has 1 fully saturated rings. The van der Waals surface area contributed by atoms with E-state index in [2.05, 4.69) is 29.4 Å². The number of ether oxygens (including phenoxy) is 1. The Hall–Kier alpha value is -3.02. The fourth-order valence-electron chi connectivity index (χ4n) is 3.07. The molecule has 4 nitrogen and oxygen atoms in total. The number of hydrogen-bond donors (Lipinski definition) is 1. The average Bonchev–Trinajstić information content (AvgIpc) is 3.09. The first-order valence-electron chi connectivity index (χ1n) is 9.80. The molecule has 1 saturated heterocycles. The quantitative estimate of drug-likeness (QED) is 0.457. The molecule has 1 aliphatic heterocycles. The molecule has 1 aliphatic rings. The summed E-state index contributed by atoms with van der Waals surface area (Å²) in [6.07, 6.45) is 1.84. The minimum Gasteiger partial charge on any atom is -0.489 e. The summed E-state index contributed by atoms with van der Waals surface area (Å²) in [6, 6.07) is 21.4. The van der Waals surface area contributed by atoms with Gasteiger partial charge < -0.3 is 10.1 Å². The van der Waals surface area contributed by atoms with Crippen molar-refractivity contribution < 1.29 is 9.53 Å². The monoisotopic (exact) mass is 448 g/mol. The number of aliphatic imine (C=N–C) groups is 1. The maximum Gasteiger partial charge on any atom is 0.264 e. The third-order valence-electron chi connectivity index (χ3n) is 4.71. The van der Waals surface area contributed by atoms with Gasteiger partial charge in [-0.2, -0.15) is 0 Å². The molecule has 31 heavy (non-hydrogen) atoms. The van der Waals surface area contributed by atoms with Crippen LogP contribution in [0.5, 0.6) is 5.75 Å². The summed E-state index contributed by atoms with van der Waals surface area (Å²) < 4.78 is 5.86. The number of rotatable bonds is 5. The second kappa shape index (κ2) is 9.41. The lowest BCUT2D eigenvalue weighted by Gasteiger charge is -2.07. The van der Waals surface area contributed by atoms with Crippen molar-refractivity contribution in [2.45, 2.75) is 20.5 Å². The molecule has 3 aromatic carbocycles. The summed E-state index contributed by atoms with van der Waals surface area (Å²) in [4.78, 5) is 17.5. The summed E-state index contributed by atoms with van der Waals surface area (Å²) >= 11 is 7.37. The summed E-state index contributed by atoms with van der Waals surface area (Å²) in [7, 11) is 0. The molecule has 1 heterocycles. The predicted molar refractivity (Wildman–Crippen MR) is 129 cm³/mol. The number of carbonyl (C=O) groups excluding carboxylic acids is 1. The Labute approximate surface area is 191 Å². The lowest BCUT2D eigenvalue weighted by Crippen LogP contribution is -2.19. The van der Waals surface area contributed by atoms with E-state index in [1.807, 2.05) is 61.5 Å². The number of nitrogens with zero attached hydrogens (tertiary/aromatic N) is 1. The highest BCUT2D eigenvalue weighted by Gasteiger charge is 2.24. The van der Waals surface area contributed by atoms with Gasteiger partial charge >= 0.3 is 0 Å². The Balaban J connectivity index is 1.43. The van der Waals surface area contributed by atoms with E-state index in [4.69, 9.17) is 16.3 Å². The third kappa shape index (κ3) is 5.57. The number of carbonyl (C=O) groups is 1. The number of amidine groups is 1. The molecule has 1 amide bonds. The van der Waals surface area contributed by atoms with Gasteiger partial charge in [-0.25, -0.2) is 4.99 Å². The number of aryl methyl sites for hydroxylation is 2. The Kier molecular flexibility index (Phi) is 6.44. The second-order valence-corrected chi connectivity index (χ2v) is 8.73. The predicted octanol–water partition coefficient (Wildman–Crippen LogP) is 6.43. The highest BCUT2D eigenvalue weighted by atomic mass is 35.5. The van der Waals surface area contributed by atoms with E-state index < -0.39 is 0 Å². The van der Waals surface area contributed by atoms with Gasteiger partial charge in [0.25, 0.3) is 5.91 Å². The van der Waals surface area contributed by atoms with E-state index >= 15 is 0 Å². The summed E-state index contributed by atoms with van der Waals surface area (Å²) in [5, 5.41) is 3.96. The number of hydrogen-bond acceptors (Lipinski definition) is 4. The van der Waals surface area contributed by atoms with Crippen molar-refractivity contribution in [2.24, 2.45) is 4.99 Å². The van der Waals surface area contributed by atoms with Crippen molar-refractivity contribution in [2.75, 3.05) is 0 Å². The first-order chi connectivity index (χ1) is 15.0. The van der Waals surface area contributed by atoms with Gasteiger partial charge in [0.05, 0.1) is 10.6 Å². The molecule has 6 heteroatoms. The molecule has 0 unspecified atom stereocenters. The van der Waals surface area contributed by atoms with Gasteiger partial charge in [0.2, 0.25) is 0 Å². The molecule has 4 rings (SSSR count). The Morgan fingerprint density at radius 3 is 2.65 bits per heavy atom. The van der Waals surface area contributed by atoms with E-state index in [9.17, 15) is 4.79 Å². The molecule has 0 atom stereocenters. The van der Waals surface area contributed by atoms with Crippen LogP contribution in [0.3, 0.4) is 0 Å². The highest BCUT2D eigenvalue weighted by Crippen LogP contribution is 2.30. The molecule has 0 spiro atoms. The SMILES string of the molecule is Cc1cccc(COc2ccc(/C=C3\SC(=Nc4cc(Cl)ccc4C)NC3=O)cc2)c1. The molecular weight excluding hydrogens is 428 g/mol. The van der Waals surface area contributed by atoms with Crippen LogP contribution in [0, 0.1) is 13.8 Å². The number of thioether (sulfide) groups is 1.